The van der Waals surface area contributed by atoms with Crippen LogP contribution >= 0.6 is 0 Å². The van der Waals surface area contributed by atoms with Crippen LogP contribution in [-0.4, -0.2) is 18.2 Å². The summed E-state index contributed by atoms with van der Waals surface area (Å²) in [5, 5.41) is 0. The Morgan fingerprint density at radius 1 is 1.33 bits per heavy atom. The third kappa shape index (κ3) is 4.59. The monoisotopic (exact) mass is 180 g/mol. The molecule has 0 spiro atoms. The molecule has 0 aliphatic rings. The molecular weight excluding hydrogens is 170 g/mol. The maximum atomic E-state index is 11.5. The van der Waals surface area contributed by atoms with E-state index in [9.17, 15) is 18.4 Å². The molecule has 0 unspecified atom stereocenters. The Hall–Kier alpha value is -1.20. The Balaban J connectivity index is 3.54. The fourth-order valence-electron chi connectivity index (χ4n) is 0.475. The summed E-state index contributed by atoms with van der Waals surface area (Å²) < 4.78 is 23.0. The van der Waals surface area contributed by atoms with E-state index in [0.29, 0.717) is 6.42 Å². The van der Waals surface area contributed by atoms with Gasteiger partial charge in [0.1, 0.15) is 0 Å². The van der Waals surface area contributed by atoms with Gasteiger partial charge in [0.25, 0.3) is 0 Å². The highest BCUT2D eigenvalue weighted by molar-refractivity contribution is 5.83. The number of amides is 2. The lowest BCUT2D eigenvalue weighted by atomic mass is 10.3. The fraction of sp³-hybridized carbons (Fsp3) is 0.667. The minimum absolute atomic E-state index is 0.198. The van der Waals surface area contributed by atoms with E-state index in [4.69, 9.17) is 0 Å². The number of hydrogen-bond donors (Lipinski definition) is 2. The third-order valence-corrected chi connectivity index (χ3v) is 1.00. The zero-order chi connectivity index (χ0) is 9.56. The van der Waals surface area contributed by atoms with Crippen molar-refractivity contribution in [2.24, 2.45) is 0 Å². The first kappa shape index (κ1) is 10.8. The molecule has 0 saturated carbocycles. The number of hydrazine groups is 1. The van der Waals surface area contributed by atoms with Crippen molar-refractivity contribution in [2.45, 2.75) is 26.2 Å². The van der Waals surface area contributed by atoms with Crippen molar-refractivity contribution in [3.8, 4) is 0 Å². The number of rotatable bonds is 3. The maximum Gasteiger partial charge on any atom is 0.317 e. The normalized spacial score (nSPS) is 9.67. The first-order valence-corrected chi connectivity index (χ1v) is 3.44. The summed E-state index contributed by atoms with van der Waals surface area (Å²) in [6, 6.07) is 0. The van der Waals surface area contributed by atoms with Crippen molar-refractivity contribution in [1.29, 1.82) is 0 Å². The van der Waals surface area contributed by atoms with Crippen molar-refractivity contribution in [3.63, 3.8) is 0 Å². The molecule has 0 aromatic rings. The van der Waals surface area contributed by atoms with Crippen LogP contribution < -0.4 is 10.9 Å². The zero-order valence-electron chi connectivity index (χ0n) is 6.56. The van der Waals surface area contributed by atoms with Gasteiger partial charge in [-0.3, -0.25) is 20.4 Å². The van der Waals surface area contributed by atoms with Crippen LogP contribution in [-0.2, 0) is 9.59 Å². The van der Waals surface area contributed by atoms with Crippen LogP contribution in [0.5, 0.6) is 0 Å². The molecule has 70 valence electrons. The zero-order valence-corrected chi connectivity index (χ0v) is 6.56. The van der Waals surface area contributed by atoms with Crippen molar-refractivity contribution in [3.05, 3.63) is 0 Å². The van der Waals surface area contributed by atoms with Gasteiger partial charge in [0.2, 0.25) is 5.91 Å². The Labute approximate surface area is 68.3 Å². The molecule has 2 N–H and O–H groups in total. The van der Waals surface area contributed by atoms with Crippen LogP contribution in [0, 0.1) is 0 Å². The van der Waals surface area contributed by atoms with E-state index in [1.54, 1.807) is 12.3 Å². The van der Waals surface area contributed by atoms with Gasteiger partial charge in [0.15, 0.2) is 0 Å². The van der Waals surface area contributed by atoms with Gasteiger partial charge < -0.3 is 0 Å². The standard InChI is InChI=1S/C6H10F2N2O2/c1-2-3-4(11)9-10-6(12)5(7)8/h5H,2-3H2,1H3,(H,9,11)(H,10,12). The van der Waals surface area contributed by atoms with Crippen LogP contribution in [0.3, 0.4) is 0 Å². The smallest absolute Gasteiger partial charge is 0.273 e. The summed E-state index contributed by atoms with van der Waals surface area (Å²) in [4.78, 5) is 20.8. The quantitative estimate of drug-likeness (QED) is 0.609. The molecule has 0 atom stereocenters. The summed E-state index contributed by atoms with van der Waals surface area (Å²) in [6.07, 6.45) is -2.31. The highest BCUT2D eigenvalue weighted by atomic mass is 19.3. The topological polar surface area (TPSA) is 58.2 Å². The van der Waals surface area contributed by atoms with Crippen LogP contribution in [0.4, 0.5) is 8.78 Å². The average molecular weight is 180 g/mol. The van der Waals surface area contributed by atoms with Gasteiger partial charge in [0.05, 0.1) is 0 Å². The Morgan fingerprint density at radius 3 is 2.33 bits per heavy atom. The average Bonchev–Trinajstić information content (AvgIpc) is 2.00. The number of hydrogen-bond acceptors (Lipinski definition) is 2. The van der Waals surface area contributed by atoms with E-state index in [2.05, 4.69) is 0 Å². The minimum Gasteiger partial charge on any atom is -0.273 e. The van der Waals surface area contributed by atoms with E-state index >= 15 is 0 Å². The highest BCUT2D eigenvalue weighted by Gasteiger charge is 2.14. The second-order valence-corrected chi connectivity index (χ2v) is 2.09. The van der Waals surface area contributed by atoms with Crippen molar-refractivity contribution in [2.75, 3.05) is 0 Å². The lowest BCUT2D eigenvalue weighted by Crippen LogP contribution is -2.44. The minimum atomic E-state index is -3.10. The predicted molar refractivity (Wildman–Crippen MR) is 37.2 cm³/mol. The Morgan fingerprint density at radius 2 is 1.92 bits per heavy atom. The van der Waals surface area contributed by atoms with Crippen molar-refractivity contribution in [1.82, 2.24) is 10.9 Å². The van der Waals surface area contributed by atoms with Crippen LogP contribution in [0.2, 0.25) is 0 Å². The maximum absolute atomic E-state index is 11.5. The summed E-state index contributed by atoms with van der Waals surface area (Å²) in [5.41, 5.74) is 3.42. The van der Waals surface area contributed by atoms with Gasteiger partial charge >= 0.3 is 12.3 Å². The molecule has 12 heavy (non-hydrogen) atoms. The number of alkyl halides is 2. The van der Waals surface area contributed by atoms with Gasteiger partial charge in [-0.15, -0.1) is 0 Å². The third-order valence-electron chi connectivity index (χ3n) is 1.00. The van der Waals surface area contributed by atoms with E-state index in [0.717, 1.165) is 0 Å². The number of carbonyl (C=O) groups excluding carboxylic acids is 2. The summed E-state index contributed by atoms with van der Waals surface area (Å²) >= 11 is 0. The van der Waals surface area contributed by atoms with Gasteiger partial charge in [0, 0.05) is 6.42 Å². The number of nitrogens with one attached hydrogen (secondary N) is 2. The molecule has 0 aromatic carbocycles. The first-order valence-electron chi connectivity index (χ1n) is 3.44. The molecule has 0 heterocycles. The van der Waals surface area contributed by atoms with Crippen LogP contribution in [0.1, 0.15) is 19.8 Å². The van der Waals surface area contributed by atoms with Crippen molar-refractivity contribution < 1.29 is 18.4 Å². The van der Waals surface area contributed by atoms with Crippen LogP contribution in [0.25, 0.3) is 0 Å². The van der Waals surface area contributed by atoms with E-state index < -0.39 is 18.2 Å². The molecule has 2 amide bonds. The summed E-state index contributed by atoms with van der Waals surface area (Å²) in [5.74, 6) is -1.98. The second-order valence-electron chi connectivity index (χ2n) is 2.09. The molecule has 0 aliphatic heterocycles. The van der Waals surface area contributed by atoms with Gasteiger partial charge in [-0.1, -0.05) is 6.92 Å². The second kappa shape index (κ2) is 5.45. The molecular formula is C6H10F2N2O2. The van der Waals surface area contributed by atoms with Crippen molar-refractivity contribution >= 4 is 11.8 Å². The van der Waals surface area contributed by atoms with Gasteiger partial charge in [-0.25, -0.2) is 0 Å². The lowest BCUT2D eigenvalue weighted by molar-refractivity contribution is -0.136. The SMILES string of the molecule is CCCC(=O)NNC(=O)C(F)F. The van der Waals surface area contributed by atoms with Crippen LogP contribution in [0.15, 0.2) is 0 Å². The van der Waals surface area contributed by atoms with Gasteiger partial charge in [-0.05, 0) is 6.42 Å². The molecule has 0 saturated heterocycles. The first-order chi connectivity index (χ1) is 5.57. The molecule has 6 heteroatoms. The lowest BCUT2D eigenvalue weighted by Gasteiger charge is -2.04. The molecule has 0 aliphatic carbocycles. The molecule has 4 nitrogen and oxygen atoms in total. The van der Waals surface area contributed by atoms with E-state index in [1.165, 1.54) is 0 Å². The Kier molecular flexibility index (Phi) is 4.91. The largest absolute Gasteiger partial charge is 0.317 e. The number of halogens is 2. The molecule has 0 rings (SSSR count). The van der Waals surface area contributed by atoms with Gasteiger partial charge in [-0.2, -0.15) is 8.78 Å². The summed E-state index contributed by atoms with van der Waals surface area (Å²) in [7, 11) is 0. The summed E-state index contributed by atoms with van der Waals surface area (Å²) in [6.45, 7) is 1.76. The molecule has 0 aromatic heterocycles. The number of carbonyl (C=O) groups is 2. The predicted octanol–water partition coefficient (Wildman–Crippen LogP) is 0.199. The molecule has 0 radical (unpaired) electrons. The van der Waals surface area contributed by atoms with E-state index in [1.807, 2.05) is 5.43 Å². The molecule has 0 fully saturated rings. The highest BCUT2D eigenvalue weighted by Crippen LogP contribution is 1.89. The molecule has 0 bridgehead atoms. The van der Waals surface area contributed by atoms with E-state index in [-0.39, 0.29) is 6.42 Å². The fourth-order valence-corrected chi connectivity index (χ4v) is 0.475. The Bertz CT molecular complexity index is 173.